The maximum absolute atomic E-state index is 13.5. The Hall–Kier alpha value is -2.07. The van der Waals surface area contributed by atoms with Gasteiger partial charge in [0, 0.05) is 18.0 Å². The molecule has 4 heteroatoms. The van der Waals surface area contributed by atoms with Crippen LogP contribution in [0.25, 0.3) is 0 Å². The van der Waals surface area contributed by atoms with Crippen molar-refractivity contribution in [3.8, 4) is 11.5 Å². The summed E-state index contributed by atoms with van der Waals surface area (Å²) in [7, 11) is 1.62. The third-order valence-corrected chi connectivity index (χ3v) is 3.94. The van der Waals surface area contributed by atoms with Crippen LogP contribution in [0.1, 0.15) is 35.3 Å². The van der Waals surface area contributed by atoms with Gasteiger partial charge in [-0.25, -0.2) is 4.39 Å². The lowest BCUT2D eigenvalue weighted by Gasteiger charge is -2.31. The maximum Gasteiger partial charge on any atom is 0.126 e. The lowest BCUT2D eigenvalue weighted by Crippen LogP contribution is -2.24. The van der Waals surface area contributed by atoms with Gasteiger partial charge in [0.2, 0.25) is 0 Å². The van der Waals surface area contributed by atoms with Gasteiger partial charge >= 0.3 is 0 Å². The Morgan fingerprint density at radius 2 is 2.00 bits per heavy atom. The topological polar surface area (TPSA) is 44.5 Å². The number of hydrogen-bond donors (Lipinski definition) is 1. The van der Waals surface area contributed by atoms with Gasteiger partial charge in [-0.1, -0.05) is 6.07 Å². The maximum atomic E-state index is 13.5. The lowest BCUT2D eigenvalue weighted by molar-refractivity contribution is 0.160. The van der Waals surface area contributed by atoms with Gasteiger partial charge in [-0.2, -0.15) is 0 Å². The standard InChI is InChI=1S/C17H18FNO2/c1-10-3-4-11(18)7-13(10)17-9-15(19)14-8-12(20-2)5-6-16(14)21-17/h3-8,15,17H,9,19H2,1-2H3. The number of halogens is 1. The van der Waals surface area contributed by atoms with E-state index in [4.69, 9.17) is 15.2 Å². The lowest BCUT2D eigenvalue weighted by atomic mass is 9.91. The first-order valence-electron chi connectivity index (χ1n) is 6.94. The van der Waals surface area contributed by atoms with E-state index in [-0.39, 0.29) is 18.0 Å². The zero-order valence-corrected chi connectivity index (χ0v) is 12.1. The largest absolute Gasteiger partial charge is 0.497 e. The zero-order chi connectivity index (χ0) is 15.0. The van der Waals surface area contributed by atoms with Crippen LogP contribution in [0.15, 0.2) is 36.4 Å². The minimum absolute atomic E-state index is 0.156. The Kier molecular flexibility index (Phi) is 3.55. The van der Waals surface area contributed by atoms with E-state index in [2.05, 4.69) is 0 Å². The number of rotatable bonds is 2. The fourth-order valence-corrected chi connectivity index (χ4v) is 2.76. The van der Waals surface area contributed by atoms with Crippen molar-refractivity contribution in [1.82, 2.24) is 0 Å². The Labute approximate surface area is 123 Å². The summed E-state index contributed by atoms with van der Waals surface area (Å²) in [6.07, 6.45) is 0.390. The highest BCUT2D eigenvalue weighted by atomic mass is 19.1. The predicted molar refractivity (Wildman–Crippen MR) is 79.0 cm³/mol. The summed E-state index contributed by atoms with van der Waals surface area (Å²) in [6.45, 7) is 1.95. The van der Waals surface area contributed by atoms with Gasteiger partial charge in [-0.3, -0.25) is 0 Å². The molecule has 1 aliphatic heterocycles. The Morgan fingerprint density at radius 1 is 1.19 bits per heavy atom. The first-order valence-corrected chi connectivity index (χ1v) is 6.94. The highest BCUT2D eigenvalue weighted by Gasteiger charge is 2.28. The summed E-state index contributed by atoms with van der Waals surface area (Å²) in [6, 6.07) is 10.2. The first kappa shape index (κ1) is 13.9. The quantitative estimate of drug-likeness (QED) is 0.916. The molecule has 2 atom stereocenters. The molecule has 2 unspecified atom stereocenters. The molecule has 3 nitrogen and oxygen atoms in total. The smallest absolute Gasteiger partial charge is 0.126 e. The van der Waals surface area contributed by atoms with Crippen molar-refractivity contribution < 1.29 is 13.9 Å². The van der Waals surface area contributed by atoms with Crippen molar-refractivity contribution in [3.05, 3.63) is 58.9 Å². The van der Waals surface area contributed by atoms with E-state index in [1.807, 2.05) is 25.1 Å². The Bertz CT molecular complexity index is 672. The molecule has 0 aliphatic carbocycles. The average Bonchev–Trinajstić information content (AvgIpc) is 2.49. The highest BCUT2D eigenvalue weighted by molar-refractivity contribution is 5.44. The average molecular weight is 287 g/mol. The summed E-state index contributed by atoms with van der Waals surface area (Å²) in [5.74, 6) is 1.24. The fraction of sp³-hybridized carbons (Fsp3) is 0.294. The summed E-state index contributed by atoms with van der Waals surface area (Å²) >= 11 is 0. The van der Waals surface area contributed by atoms with Crippen molar-refractivity contribution in [2.45, 2.75) is 25.5 Å². The molecule has 0 spiro atoms. The number of ether oxygens (including phenoxy) is 2. The van der Waals surface area contributed by atoms with Gasteiger partial charge in [0.1, 0.15) is 23.4 Å². The third kappa shape index (κ3) is 2.59. The van der Waals surface area contributed by atoms with Gasteiger partial charge in [-0.15, -0.1) is 0 Å². The number of hydrogen-bond acceptors (Lipinski definition) is 3. The predicted octanol–water partition coefficient (Wildman–Crippen LogP) is 3.67. The van der Waals surface area contributed by atoms with E-state index in [0.717, 1.165) is 28.2 Å². The van der Waals surface area contributed by atoms with Crippen LogP contribution in [-0.2, 0) is 0 Å². The second-order valence-corrected chi connectivity index (χ2v) is 5.35. The number of aryl methyl sites for hydroxylation is 1. The summed E-state index contributed by atoms with van der Waals surface area (Å²) in [4.78, 5) is 0. The molecular formula is C17H18FNO2. The molecule has 0 saturated carbocycles. The van der Waals surface area contributed by atoms with Gasteiger partial charge in [-0.05, 0) is 48.4 Å². The van der Waals surface area contributed by atoms with Crippen LogP contribution >= 0.6 is 0 Å². The molecule has 0 bridgehead atoms. The molecule has 0 aromatic heterocycles. The second kappa shape index (κ2) is 5.37. The molecular weight excluding hydrogens is 269 g/mol. The first-order chi connectivity index (χ1) is 10.1. The molecule has 110 valence electrons. The SMILES string of the molecule is COc1ccc2c(c1)C(N)CC(c1cc(F)ccc1C)O2. The van der Waals surface area contributed by atoms with Gasteiger partial charge in [0.15, 0.2) is 0 Å². The minimum Gasteiger partial charge on any atom is -0.497 e. The monoisotopic (exact) mass is 287 g/mol. The van der Waals surface area contributed by atoms with E-state index in [1.54, 1.807) is 13.2 Å². The molecule has 2 aromatic rings. The third-order valence-electron chi connectivity index (χ3n) is 3.94. The Balaban J connectivity index is 1.96. The van der Waals surface area contributed by atoms with Crippen LogP contribution in [0, 0.1) is 12.7 Å². The van der Waals surface area contributed by atoms with Crippen molar-refractivity contribution in [2.24, 2.45) is 5.73 Å². The van der Waals surface area contributed by atoms with E-state index in [0.29, 0.717) is 6.42 Å². The molecule has 2 aromatic carbocycles. The highest BCUT2D eigenvalue weighted by Crippen LogP contribution is 2.41. The van der Waals surface area contributed by atoms with Crippen molar-refractivity contribution in [3.63, 3.8) is 0 Å². The molecule has 21 heavy (non-hydrogen) atoms. The van der Waals surface area contributed by atoms with E-state index in [1.165, 1.54) is 12.1 Å². The van der Waals surface area contributed by atoms with Crippen molar-refractivity contribution >= 4 is 0 Å². The fourth-order valence-electron chi connectivity index (χ4n) is 2.76. The van der Waals surface area contributed by atoms with Gasteiger partial charge in [0.05, 0.1) is 7.11 Å². The van der Waals surface area contributed by atoms with Gasteiger partial charge < -0.3 is 15.2 Å². The molecule has 1 heterocycles. The van der Waals surface area contributed by atoms with Crippen molar-refractivity contribution in [2.75, 3.05) is 7.11 Å². The van der Waals surface area contributed by atoms with Crippen LogP contribution in [0.4, 0.5) is 4.39 Å². The molecule has 0 saturated heterocycles. The molecule has 1 aliphatic rings. The molecule has 0 fully saturated rings. The Morgan fingerprint density at radius 3 is 2.76 bits per heavy atom. The van der Waals surface area contributed by atoms with Crippen LogP contribution in [-0.4, -0.2) is 7.11 Å². The number of fused-ring (bicyclic) bond motifs is 1. The molecule has 0 amide bonds. The summed E-state index contributed by atoms with van der Waals surface area (Å²) in [5.41, 5.74) is 9.05. The normalized spacial score (nSPS) is 20.6. The van der Waals surface area contributed by atoms with E-state index in [9.17, 15) is 4.39 Å². The van der Waals surface area contributed by atoms with Crippen LogP contribution < -0.4 is 15.2 Å². The number of methoxy groups -OCH3 is 1. The second-order valence-electron chi connectivity index (χ2n) is 5.35. The summed E-state index contributed by atoms with van der Waals surface area (Å²) < 4.78 is 24.7. The number of nitrogens with two attached hydrogens (primary N) is 1. The number of benzene rings is 2. The zero-order valence-electron chi connectivity index (χ0n) is 12.1. The van der Waals surface area contributed by atoms with Crippen molar-refractivity contribution in [1.29, 1.82) is 0 Å². The van der Waals surface area contributed by atoms with Crippen LogP contribution in [0.2, 0.25) is 0 Å². The molecule has 3 rings (SSSR count). The van der Waals surface area contributed by atoms with Gasteiger partial charge in [0.25, 0.3) is 0 Å². The van der Waals surface area contributed by atoms with Crippen LogP contribution in [0.5, 0.6) is 11.5 Å². The summed E-state index contributed by atoms with van der Waals surface area (Å²) in [5, 5.41) is 0. The molecule has 2 N–H and O–H groups in total. The van der Waals surface area contributed by atoms with Crippen LogP contribution in [0.3, 0.4) is 0 Å². The molecule has 0 radical (unpaired) electrons. The van der Waals surface area contributed by atoms with E-state index >= 15 is 0 Å². The minimum atomic E-state index is -0.256. The van der Waals surface area contributed by atoms with E-state index < -0.39 is 0 Å².